The highest BCUT2D eigenvalue weighted by atomic mass is 32.2. The predicted molar refractivity (Wildman–Crippen MR) is 74.4 cm³/mol. The summed E-state index contributed by atoms with van der Waals surface area (Å²) < 4.78 is 45.2. The van der Waals surface area contributed by atoms with Crippen molar-refractivity contribution in [1.29, 1.82) is 0 Å². The summed E-state index contributed by atoms with van der Waals surface area (Å²) in [5.74, 6) is -0.424. The second-order valence-corrected chi connectivity index (χ2v) is 6.29. The Morgan fingerprint density at radius 3 is 2.62 bits per heavy atom. The van der Waals surface area contributed by atoms with Crippen molar-refractivity contribution in [1.82, 2.24) is 15.2 Å². The lowest BCUT2D eigenvalue weighted by molar-refractivity contribution is 0.377. The Bertz CT molecular complexity index is 728. The minimum absolute atomic E-state index is 0.0825. The quantitative estimate of drug-likeness (QED) is 0.840. The summed E-state index contributed by atoms with van der Waals surface area (Å²) in [6.45, 7) is 2.10. The van der Waals surface area contributed by atoms with Crippen molar-refractivity contribution in [3.63, 3.8) is 0 Å². The maximum absolute atomic E-state index is 13.9. The van der Waals surface area contributed by atoms with E-state index in [4.69, 9.17) is 4.52 Å². The molecule has 0 bridgehead atoms. The summed E-state index contributed by atoms with van der Waals surface area (Å²) >= 11 is 0. The molecule has 2 N–H and O–H groups in total. The molecule has 0 saturated heterocycles. The van der Waals surface area contributed by atoms with E-state index in [1.54, 1.807) is 26.1 Å². The average Bonchev–Trinajstić information content (AvgIpc) is 2.83. The van der Waals surface area contributed by atoms with Crippen molar-refractivity contribution < 1.29 is 17.3 Å². The molecule has 0 radical (unpaired) electrons. The van der Waals surface area contributed by atoms with Crippen molar-refractivity contribution in [2.75, 3.05) is 7.05 Å². The highest BCUT2D eigenvalue weighted by Crippen LogP contribution is 2.16. The number of rotatable bonds is 6. The van der Waals surface area contributed by atoms with E-state index in [2.05, 4.69) is 15.2 Å². The van der Waals surface area contributed by atoms with Crippen LogP contribution in [0.2, 0.25) is 0 Å². The largest absolute Gasteiger partial charge is 0.360 e. The van der Waals surface area contributed by atoms with Gasteiger partial charge in [0.05, 0.1) is 12.2 Å². The Morgan fingerprint density at radius 2 is 2.05 bits per heavy atom. The second kappa shape index (κ2) is 6.33. The fourth-order valence-electron chi connectivity index (χ4n) is 1.82. The maximum Gasteiger partial charge on any atom is 0.243 e. The summed E-state index contributed by atoms with van der Waals surface area (Å²) in [6.07, 6.45) is 0. The van der Waals surface area contributed by atoms with Crippen molar-refractivity contribution >= 4 is 10.0 Å². The smallest absolute Gasteiger partial charge is 0.243 e. The van der Waals surface area contributed by atoms with Gasteiger partial charge in [0.1, 0.15) is 10.7 Å². The number of sulfonamides is 1. The van der Waals surface area contributed by atoms with Crippen LogP contribution in [0.1, 0.15) is 17.0 Å². The van der Waals surface area contributed by atoms with E-state index >= 15 is 0 Å². The Kier molecular flexibility index (Phi) is 4.71. The molecule has 0 aliphatic carbocycles. The van der Waals surface area contributed by atoms with E-state index in [1.807, 2.05) is 0 Å². The molecule has 2 rings (SSSR count). The first-order chi connectivity index (χ1) is 9.92. The zero-order valence-corrected chi connectivity index (χ0v) is 12.5. The molecular weight excluding hydrogens is 297 g/mol. The molecule has 0 fully saturated rings. The lowest BCUT2D eigenvalue weighted by Crippen LogP contribution is -2.24. The maximum atomic E-state index is 13.9. The fourth-order valence-corrected chi connectivity index (χ4v) is 2.87. The molecule has 1 aromatic carbocycles. The Hall–Kier alpha value is -1.77. The Morgan fingerprint density at radius 1 is 1.29 bits per heavy atom. The van der Waals surface area contributed by atoms with Crippen LogP contribution >= 0.6 is 0 Å². The molecule has 0 aliphatic heterocycles. The predicted octanol–water partition coefficient (Wildman–Crippen LogP) is 1.32. The van der Waals surface area contributed by atoms with Gasteiger partial charge in [0.2, 0.25) is 10.0 Å². The lowest BCUT2D eigenvalue weighted by atomic mass is 10.2. The van der Waals surface area contributed by atoms with Gasteiger partial charge in [-0.25, -0.2) is 17.5 Å². The standard InChI is InChI=1S/C13H16FN3O3S/c1-9-5-11(20-17-9)8-16-21(18,19)13-4-3-10(7-15-2)6-12(13)14/h3-6,15-16H,7-8H2,1-2H3. The Balaban J connectivity index is 2.15. The molecule has 21 heavy (non-hydrogen) atoms. The summed E-state index contributed by atoms with van der Waals surface area (Å²) in [6, 6.07) is 5.61. The summed E-state index contributed by atoms with van der Waals surface area (Å²) in [5, 5.41) is 6.52. The SMILES string of the molecule is CNCc1ccc(S(=O)(=O)NCc2cc(C)no2)c(F)c1. The second-order valence-electron chi connectivity index (χ2n) is 4.55. The topological polar surface area (TPSA) is 84.2 Å². The third kappa shape index (κ3) is 3.87. The van der Waals surface area contributed by atoms with E-state index in [0.29, 0.717) is 23.6 Å². The molecule has 0 aliphatic rings. The average molecular weight is 313 g/mol. The third-order valence-corrected chi connectivity index (χ3v) is 4.21. The molecule has 0 spiro atoms. The number of halogens is 1. The normalized spacial score (nSPS) is 11.8. The van der Waals surface area contributed by atoms with Crippen LogP contribution in [0.25, 0.3) is 0 Å². The van der Waals surface area contributed by atoms with Gasteiger partial charge >= 0.3 is 0 Å². The van der Waals surface area contributed by atoms with Crippen LogP contribution in [-0.4, -0.2) is 20.6 Å². The van der Waals surface area contributed by atoms with E-state index < -0.39 is 20.7 Å². The van der Waals surface area contributed by atoms with Gasteiger partial charge in [-0.2, -0.15) is 0 Å². The van der Waals surface area contributed by atoms with Crippen LogP contribution in [0.4, 0.5) is 4.39 Å². The number of hydrogen-bond acceptors (Lipinski definition) is 5. The van der Waals surface area contributed by atoms with Gasteiger partial charge in [-0.15, -0.1) is 0 Å². The van der Waals surface area contributed by atoms with Crippen molar-refractivity contribution in [3.05, 3.63) is 47.1 Å². The highest BCUT2D eigenvalue weighted by molar-refractivity contribution is 7.89. The number of aryl methyl sites for hydroxylation is 1. The van der Waals surface area contributed by atoms with E-state index in [0.717, 1.165) is 0 Å². The molecule has 1 heterocycles. The minimum Gasteiger partial charge on any atom is -0.360 e. The van der Waals surface area contributed by atoms with E-state index in [1.165, 1.54) is 12.1 Å². The first-order valence-corrected chi connectivity index (χ1v) is 7.75. The summed E-state index contributed by atoms with van der Waals surface area (Å²) in [7, 11) is -2.22. The fraction of sp³-hybridized carbons (Fsp3) is 0.308. The zero-order chi connectivity index (χ0) is 15.5. The molecule has 8 heteroatoms. The monoisotopic (exact) mass is 313 g/mol. The number of hydrogen-bond donors (Lipinski definition) is 2. The van der Waals surface area contributed by atoms with Crippen molar-refractivity contribution in [3.8, 4) is 0 Å². The molecular formula is C13H16FN3O3S. The van der Waals surface area contributed by atoms with Gasteiger partial charge in [-0.05, 0) is 31.7 Å². The summed E-state index contributed by atoms with van der Waals surface area (Å²) in [4.78, 5) is -0.390. The summed E-state index contributed by atoms with van der Waals surface area (Å²) in [5.41, 5.74) is 1.31. The first kappa shape index (κ1) is 15.6. The molecule has 0 unspecified atom stereocenters. The van der Waals surface area contributed by atoms with Crippen molar-refractivity contribution in [2.24, 2.45) is 0 Å². The highest BCUT2D eigenvalue weighted by Gasteiger charge is 2.19. The van der Waals surface area contributed by atoms with Gasteiger partial charge < -0.3 is 9.84 Å². The zero-order valence-electron chi connectivity index (χ0n) is 11.7. The van der Waals surface area contributed by atoms with Gasteiger partial charge in [0.15, 0.2) is 5.76 Å². The molecule has 6 nitrogen and oxygen atoms in total. The van der Waals surface area contributed by atoms with Crippen LogP contribution in [-0.2, 0) is 23.1 Å². The van der Waals surface area contributed by atoms with Crippen molar-refractivity contribution in [2.45, 2.75) is 24.9 Å². The Labute approximate surface area is 122 Å². The molecule has 114 valence electrons. The molecule has 0 saturated carbocycles. The molecule has 1 aromatic heterocycles. The first-order valence-electron chi connectivity index (χ1n) is 6.27. The van der Waals surface area contributed by atoms with Crippen LogP contribution in [0.5, 0.6) is 0 Å². The number of aromatic nitrogens is 1. The van der Waals surface area contributed by atoms with E-state index in [-0.39, 0.29) is 6.54 Å². The lowest BCUT2D eigenvalue weighted by Gasteiger charge is -2.08. The molecule has 0 amide bonds. The molecule has 0 atom stereocenters. The van der Waals surface area contributed by atoms with Gasteiger partial charge in [0, 0.05) is 12.6 Å². The van der Waals surface area contributed by atoms with Gasteiger partial charge in [-0.1, -0.05) is 11.2 Å². The molecule has 2 aromatic rings. The number of nitrogens with one attached hydrogen (secondary N) is 2. The number of nitrogens with zero attached hydrogens (tertiary/aromatic N) is 1. The number of benzene rings is 1. The van der Waals surface area contributed by atoms with Gasteiger partial charge in [-0.3, -0.25) is 0 Å². The van der Waals surface area contributed by atoms with E-state index in [9.17, 15) is 12.8 Å². The van der Waals surface area contributed by atoms with Crippen LogP contribution in [0.3, 0.4) is 0 Å². The van der Waals surface area contributed by atoms with Crippen LogP contribution in [0, 0.1) is 12.7 Å². The third-order valence-electron chi connectivity index (χ3n) is 2.78. The van der Waals surface area contributed by atoms with Crippen LogP contribution in [0.15, 0.2) is 33.7 Å². The van der Waals surface area contributed by atoms with Gasteiger partial charge in [0.25, 0.3) is 0 Å². The minimum atomic E-state index is -3.94. The van der Waals surface area contributed by atoms with Crippen LogP contribution < -0.4 is 10.0 Å².